The van der Waals surface area contributed by atoms with Crippen LogP contribution in [0.25, 0.3) is 0 Å². The van der Waals surface area contributed by atoms with Gasteiger partial charge in [0.25, 0.3) is 5.91 Å². The predicted molar refractivity (Wildman–Crippen MR) is 124 cm³/mol. The fourth-order valence-electron chi connectivity index (χ4n) is 4.15. The van der Waals surface area contributed by atoms with E-state index in [9.17, 15) is 13.2 Å². The highest BCUT2D eigenvalue weighted by Crippen LogP contribution is 2.19. The molecule has 2 fully saturated rings. The monoisotopic (exact) mass is 473 g/mol. The van der Waals surface area contributed by atoms with Crippen molar-refractivity contribution in [1.29, 1.82) is 0 Å². The maximum atomic E-state index is 12.9. The number of morpholine rings is 2. The smallest absolute Gasteiger partial charge is 0.251 e. The van der Waals surface area contributed by atoms with Gasteiger partial charge in [0.05, 0.1) is 30.8 Å². The molecule has 0 aliphatic carbocycles. The van der Waals surface area contributed by atoms with Gasteiger partial charge in [0.1, 0.15) is 0 Å². The highest BCUT2D eigenvalue weighted by atomic mass is 32.2. The number of carbonyl (C=O) groups excluding carboxylic acids is 1. The number of hydrogen-bond acceptors (Lipinski definition) is 6. The molecule has 9 heteroatoms. The minimum absolute atomic E-state index is 0.124. The molecule has 8 nitrogen and oxygen atoms in total. The zero-order chi connectivity index (χ0) is 23.3. The van der Waals surface area contributed by atoms with Crippen molar-refractivity contribution in [3.63, 3.8) is 0 Å². The molecule has 33 heavy (non-hydrogen) atoms. The lowest BCUT2D eigenvalue weighted by Crippen LogP contribution is -2.40. The molecule has 0 spiro atoms. The Morgan fingerprint density at radius 1 is 1.03 bits per heavy atom. The molecule has 1 amide bonds. The van der Waals surface area contributed by atoms with Crippen molar-refractivity contribution in [3.05, 3.63) is 65.2 Å². The maximum Gasteiger partial charge on any atom is 0.251 e. The van der Waals surface area contributed by atoms with Crippen LogP contribution in [0.4, 0.5) is 0 Å². The minimum Gasteiger partial charge on any atom is -0.379 e. The van der Waals surface area contributed by atoms with Gasteiger partial charge in [0.2, 0.25) is 10.0 Å². The van der Waals surface area contributed by atoms with Gasteiger partial charge in [-0.3, -0.25) is 9.69 Å². The molecule has 1 N–H and O–H groups in total. The molecule has 4 rings (SSSR count). The molecule has 2 aromatic rings. The predicted octanol–water partition coefficient (Wildman–Crippen LogP) is 1.86. The van der Waals surface area contributed by atoms with Crippen LogP contribution in [0.3, 0.4) is 0 Å². The molecule has 2 aromatic carbocycles. The Morgan fingerprint density at radius 3 is 2.58 bits per heavy atom. The Morgan fingerprint density at radius 2 is 1.79 bits per heavy atom. The number of sulfonamides is 1. The first kappa shape index (κ1) is 23.8. The fraction of sp³-hybridized carbons (Fsp3) is 0.458. The zero-order valence-corrected chi connectivity index (χ0v) is 19.7. The second-order valence-electron chi connectivity index (χ2n) is 8.46. The van der Waals surface area contributed by atoms with E-state index < -0.39 is 10.0 Å². The molecule has 2 aliphatic rings. The number of amides is 1. The summed E-state index contributed by atoms with van der Waals surface area (Å²) < 4.78 is 38.0. The number of rotatable bonds is 7. The summed E-state index contributed by atoms with van der Waals surface area (Å²) in [6.07, 6.45) is 0.240. The van der Waals surface area contributed by atoms with Crippen molar-refractivity contribution < 1.29 is 22.7 Å². The first-order valence-electron chi connectivity index (χ1n) is 11.3. The molecule has 0 saturated carbocycles. The summed E-state index contributed by atoms with van der Waals surface area (Å²) in [5, 5.41) is 2.91. The first-order valence-corrected chi connectivity index (χ1v) is 12.7. The van der Waals surface area contributed by atoms with Gasteiger partial charge in [0.15, 0.2) is 0 Å². The number of nitrogens with zero attached hydrogens (tertiary/aromatic N) is 2. The van der Waals surface area contributed by atoms with E-state index in [4.69, 9.17) is 9.47 Å². The summed E-state index contributed by atoms with van der Waals surface area (Å²) in [4.78, 5) is 15.2. The average Bonchev–Trinajstić information content (AvgIpc) is 2.83. The number of benzene rings is 2. The van der Waals surface area contributed by atoms with Crippen LogP contribution >= 0.6 is 0 Å². The molecule has 0 bridgehead atoms. The van der Waals surface area contributed by atoms with Gasteiger partial charge < -0.3 is 14.8 Å². The lowest BCUT2D eigenvalue weighted by Gasteiger charge is -2.31. The van der Waals surface area contributed by atoms with Crippen LogP contribution in [0.5, 0.6) is 0 Å². The largest absolute Gasteiger partial charge is 0.379 e. The Labute approximate surface area is 195 Å². The van der Waals surface area contributed by atoms with Crippen LogP contribution < -0.4 is 5.32 Å². The van der Waals surface area contributed by atoms with Crippen molar-refractivity contribution in [2.75, 3.05) is 46.0 Å². The SMILES string of the molecule is CC1CN(Cc2cccc(CNC(=O)c3cccc(S(=O)(=O)N4CCOCC4)c3)c2)CCO1. The molecule has 0 radical (unpaired) electrons. The third-order valence-electron chi connectivity index (χ3n) is 5.88. The number of hydrogen-bond donors (Lipinski definition) is 1. The van der Waals surface area contributed by atoms with Gasteiger partial charge in [-0.15, -0.1) is 0 Å². The van der Waals surface area contributed by atoms with Crippen LogP contribution in [-0.2, 0) is 32.6 Å². The Bertz CT molecular complexity index is 1070. The van der Waals surface area contributed by atoms with E-state index in [1.54, 1.807) is 12.1 Å². The molecule has 0 aromatic heterocycles. The molecule has 178 valence electrons. The summed E-state index contributed by atoms with van der Waals surface area (Å²) in [5.41, 5.74) is 2.51. The molecule has 2 heterocycles. The summed E-state index contributed by atoms with van der Waals surface area (Å²) in [6, 6.07) is 14.4. The van der Waals surface area contributed by atoms with Crippen LogP contribution in [0, 0.1) is 0 Å². The van der Waals surface area contributed by atoms with E-state index in [1.807, 2.05) is 12.1 Å². The number of carbonyl (C=O) groups is 1. The van der Waals surface area contributed by atoms with Crippen molar-refractivity contribution in [3.8, 4) is 0 Å². The van der Waals surface area contributed by atoms with Crippen molar-refractivity contribution in [2.24, 2.45) is 0 Å². The van der Waals surface area contributed by atoms with Crippen LogP contribution in [-0.4, -0.2) is 75.6 Å². The van der Waals surface area contributed by atoms with E-state index in [0.29, 0.717) is 38.4 Å². The van der Waals surface area contributed by atoms with Crippen LogP contribution in [0.2, 0.25) is 0 Å². The van der Waals surface area contributed by atoms with E-state index in [1.165, 1.54) is 22.0 Å². The van der Waals surface area contributed by atoms with Gasteiger partial charge in [-0.2, -0.15) is 4.31 Å². The average molecular weight is 474 g/mol. The Balaban J connectivity index is 1.37. The Hall–Kier alpha value is -2.30. The number of nitrogens with one attached hydrogen (secondary N) is 1. The molecule has 2 aliphatic heterocycles. The Kier molecular flexibility index (Phi) is 7.77. The topological polar surface area (TPSA) is 88.2 Å². The quantitative estimate of drug-likeness (QED) is 0.661. The summed E-state index contributed by atoms with van der Waals surface area (Å²) in [5.74, 6) is -0.304. The molecular formula is C24H31N3O5S. The summed E-state index contributed by atoms with van der Waals surface area (Å²) in [6.45, 7) is 7.25. The van der Waals surface area contributed by atoms with E-state index in [2.05, 4.69) is 29.3 Å². The number of ether oxygens (including phenoxy) is 2. The van der Waals surface area contributed by atoms with Crippen molar-refractivity contribution in [1.82, 2.24) is 14.5 Å². The van der Waals surface area contributed by atoms with Gasteiger partial charge >= 0.3 is 0 Å². The minimum atomic E-state index is -3.65. The van der Waals surface area contributed by atoms with Crippen molar-refractivity contribution in [2.45, 2.75) is 31.0 Å². The van der Waals surface area contributed by atoms with Gasteiger partial charge in [0, 0.05) is 44.8 Å². The van der Waals surface area contributed by atoms with Gasteiger partial charge in [-0.1, -0.05) is 30.3 Å². The van der Waals surface area contributed by atoms with E-state index in [-0.39, 0.29) is 16.9 Å². The lowest BCUT2D eigenvalue weighted by molar-refractivity contribution is -0.0212. The maximum absolute atomic E-state index is 12.9. The van der Waals surface area contributed by atoms with Gasteiger partial charge in [-0.05, 0) is 36.2 Å². The lowest BCUT2D eigenvalue weighted by atomic mass is 10.1. The van der Waals surface area contributed by atoms with Crippen LogP contribution in [0.15, 0.2) is 53.4 Å². The van der Waals surface area contributed by atoms with E-state index >= 15 is 0 Å². The van der Waals surface area contributed by atoms with Gasteiger partial charge in [-0.25, -0.2) is 8.42 Å². The van der Waals surface area contributed by atoms with Crippen molar-refractivity contribution >= 4 is 15.9 Å². The molecule has 1 atom stereocenters. The summed E-state index contributed by atoms with van der Waals surface area (Å²) in [7, 11) is -3.65. The van der Waals surface area contributed by atoms with E-state index in [0.717, 1.165) is 31.8 Å². The first-order chi connectivity index (χ1) is 15.9. The fourth-order valence-corrected chi connectivity index (χ4v) is 5.60. The summed E-state index contributed by atoms with van der Waals surface area (Å²) >= 11 is 0. The molecular weight excluding hydrogens is 442 g/mol. The van der Waals surface area contributed by atoms with Crippen LogP contribution in [0.1, 0.15) is 28.4 Å². The third kappa shape index (κ3) is 6.18. The second kappa shape index (κ2) is 10.8. The normalized spacial score (nSPS) is 20.5. The second-order valence-corrected chi connectivity index (χ2v) is 10.4. The highest BCUT2D eigenvalue weighted by molar-refractivity contribution is 7.89. The standard InChI is InChI=1S/C24H31N3O5S/c1-19-17-26(8-13-32-19)18-21-5-2-4-20(14-21)16-25-24(28)22-6-3-7-23(15-22)33(29,30)27-9-11-31-12-10-27/h2-7,14-15,19H,8-13,16-18H2,1H3,(H,25,28). The molecule has 2 saturated heterocycles. The zero-order valence-electron chi connectivity index (χ0n) is 18.9. The third-order valence-corrected chi connectivity index (χ3v) is 7.77. The highest BCUT2D eigenvalue weighted by Gasteiger charge is 2.27. The molecule has 1 unspecified atom stereocenters.